The molecule has 0 bridgehead atoms. The predicted molar refractivity (Wildman–Crippen MR) is 72.0 cm³/mol. The lowest BCUT2D eigenvalue weighted by Gasteiger charge is -2.30. The molecule has 0 radical (unpaired) electrons. The number of rotatable bonds is 2. The molecule has 7 heteroatoms. The smallest absolute Gasteiger partial charge is 0.337 e. The number of anilines is 1. The number of carbonyl (C=O) groups is 1. The summed E-state index contributed by atoms with van der Waals surface area (Å²) in [5, 5.41) is 9.16. The van der Waals surface area contributed by atoms with Crippen molar-refractivity contribution in [2.45, 2.75) is 0 Å². The number of benzene rings is 1. The summed E-state index contributed by atoms with van der Waals surface area (Å²) >= 11 is 3.33. The molecule has 5 nitrogen and oxygen atoms in total. The van der Waals surface area contributed by atoms with Gasteiger partial charge in [-0.3, -0.25) is 0 Å². The second-order valence-corrected chi connectivity index (χ2v) is 7.24. The Bertz CT molecular complexity index is 571. The van der Waals surface area contributed by atoms with Crippen LogP contribution >= 0.6 is 15.9 Å². The molecular weight excluding hydrogens is 322 g/mol. The van der Waals surface area contributed by atoms with Crippen LogP contribution in [0.25, 0.3) is 0 Å². The van der Waals surface area contributed by atoms with Gasteiger partial charge in [-0.2, -0.15) is 0 Å². The van der Waals surface area contributed by atoms with Crippen molar-refractivity contribution in [3.63, 3.8) is 0 Å². The van der Waals surface area contributed by atoms with Gasteiger partial charge in [-0.1, -0.05) is 6.07 Å². The Morgan fingerprint density at radius 2 is 1.89 bits per heavy atom. The molecule has 0 spiro atoms. The third kappa shape index (κ3) is 2.67. The zero-order valence-electron chi connectivity index (χ0n) is 9.47. The maximum Gasteiger partial charge on any atom is 0.337 e. The van der Waals surface area contributed by atoms with E-state index < -0.39 is 15.8 Å². The lowest BCUT2D eigenvalue weighted by molar-refractivity contribution is 0.0697. The van der Waals surface area contributed by atoms with Gasteiger partial charge < -0.3 is 10.0 Å². The minimum Gasteiger partial charge on any atom is -0.478 e. The van der Waals surface area contributed by atoms with Crippen LogP contribution in [0.5, 0.6) is 0 Å². The molecule has 0 aliphatic carbocycles. The Labute approximate surface area is 113 Å². The van der Waals surface area contributed by atoms with Crippen LogP contribution in [0, 0.1) is 0 Å². The number of hydrogen-bond acceptors (Lipinski definition) is 4. The summed E-state index contributed by atoms with van der Waals surface area (Å²) in [5.74, 6) is -0.888. The molecule has 1 aromatic carbocycles. The molecular formula is C11H12BrNO4S. The van der Waals surface area contributed by atoms with Crippen molar-refractivity contribution in [3.8, 4) is 0 Å². The Balaban J connectivity index is 2.37. The highest BCUT2D eigenvalue weighted by Gasteiger charge is 2.26. The molecule has 1 aromatic rings. The van der Waals surface area contributed by atoms with Gasteiger partial charge in [0.25, 0.3) is 0 Å². The van der Waals surface area contributed by atoms with Gasteiger partial charge in [0.05, 0.1) is 22.8 Å². The fourth-order valence-corrected chi connectivity index (χ4v) is 3.76. The van der Waals surface area contributed by atoms with E-state index in [0.717, 1.165) is 0 Å². The first-order valence-corrected chi connectivity index (χ1v) is 7.99. The molecule has 1 heterocycles. The third-order valence-electron chi connectivity index (χ3n) is 2.88. The van der Waals surface area contributed by atoms with Crippen molar-refractivity contribution in [2.24, 2.45) is 0 Å². The monoisotopic (exact) mass is 333 g/mol. The van der Waals surface area contributed by atoms with Crippen LogP contribution in [0.1, 0.15) is 10.4 Å². The highest BCUT2D eigenvalue weighted by molar-refractivity contribution is 9.10. The van der Waals surface area contributed by atoms with Crippen molar-refractivity contribution in [2.75, 3.05) is 29.5 Å². The first kappa shape index (κ1) is 13.4. The van der Waals surface area contributed by atoms with Crippen molar-refractivity contribution in [1.29, 1.82) is 0 Å². The summed E-state index contributed by atoms with van der Waals surface area (Å²) in [6.45, 7) is 0.649. The van der Waals surface area contributed by atoms with E-state index in [1.165, 1.54) is 6.07 Å². The van der Waals surface area contributed by atoms with E-state index in [9.17, 15) is 13.2 Å². The normalized spacial score (nSPS) is 18.6. The molecule has 1 aliphatic rings. The van der Waals surface area contributed by atoms with E-state index in [2.05, 4.69) is 15.9 Å². The average Bonchev–Trinajstić information content (AvgIpc) is 2.29. The topological polar surface area (TPSA) is 74.7 Å². The van der Waals surface area contributed by atoms with Crippen LogP contribution in [-0.2, 0) is 9.84 Å². The molecule has 1 aliphatic heterocycles. The number of carboxylic acid groups (broad SMARTS) is 1. The Hall–Kier alpha value is -1.08. The molecule has 1 fully saturated rings. The summed E-state index contributed by atoms with van der Waals surface area (Å²) in [4.78, 5) is 13.0. The SMILES string of the molecule is O=C(O)c1cccc(Br)c1N1CCS(=O)(=O)CC1. The van der Waals surface area contributed by atoms with Crippen molar-refractivity contribution >= 4 is 37.4 Å². The number of para-hydroxylation sites is 1. The predicted octanol–water partition coefficient (Wildman–Crippen LogP) is 1.38. The van der Waals surface area contributed by atoms with Gasteiger partial charge in [-0.05, 0) is 28.1 Å². The molecule has 1 saturated heterocycles. The molecule has 1 N–H and O–H groups in total. The molecule has 0 amide bonds. The van der Waals surface area contributed by atoms with Gasteiger partial charge in [-0.15, -0.1) is 0 Å². The zero-order chi connectivity index (χ0) is 13.3. The van der Waals surface area contributed by atoms with E-state index in [0.29, 0.717) is 23.2 Å². The van der Waals surface area contributed by atoms with Gasteiger partial charge in [0.1, 0.15) is 0 Å². The number of hydrogen-bond donors (Lipinski definition) is 1. The molecule has 0 saturated carbocycles. The van der Waals surface area contributed by atoms with Crippen LogP contribution < -0.4 is 4.90 Å². The second-order valence-electron chi connectivity index (χ2n) is 4.08. The number of sulfone groups is 1. The fourth-order valence-electron chi connectivity index (χ4n) is 1.95. The Kier molecular flexibility index (Phi) is 3.63. The van der Waals surface area contributed by atoms with Gasteiger partial charge in [0, 0.05) is 17.6 Å². The fraction of sp³-hybridized carbons (Fsp3) is 0.364. The molecule has 0 aromatic heterocycles. The van der Waals surface area contributed by atoms with Crippen molar-refractivity contribution in [1.82, 2.24) is 0 Å². The van der Waals surface area contributed by atoms with Gasteiger partial charge in [0.2, 0.25) is 0 Å². The maximum atomic E-state index is 11.4. The average molecular weight is 334 g/mol. The summed E-state index contributed by atoms with van der Waals surface area (Å²) < 4.78 is 23.4. The first-order chi connectivity index (χ1) is 8.41. The van der Waals surface area contributed by atoms with E-state index in [4.69, 9.17) is 5.11 Å². The minimum atomic E-state index is -2.97. The van der Waals surface area contributed by atoms with Gasteiger partial charge in [0.15, 0.2) is 9.84 Å². The van der Waals surface area contributed by atoms with E-state index >= 15 is 0 Å². The highest BCUT2D eigenvalue weighted by Crippen LogP contribution is 2.31. The quantitative estimate of drug-likeness (QED) is 0.884. The van der Waals surface area contributed by atoms with Crippen LogP contribution in [-0.4, -0.2) is 44.1 Å². The van der Waals surface area contributed by atoms with Gasteiger partial charge >= 0.3 is 5.97 Å². The van der Waals surface area contributed by atoms with Crippen LogP contribution in [0.15, 0.2) is 22.7 Å². The second kappa shape index (κ2) is 4.89. The lowest BCUT2D eigenvalue weighted by atomic mass is 10.1. The summed E-state index contributed by atoms with van der Waals surface area (Å²) in [7, 11) is -2.97. The van der Waals surface area contributed by atoms with E-state index in [1.807, 2.05) is 0 Å². The number of carboxylic acids is 1. The number of halogens is 1. The van der Waals surface area contributed by atoms with E-state index in [-0.39, 0.29) is 17.1 Å². The summed E-state index contributed by atoms with van der Waals surface area (Å²) in [5.41, 5.74) is 0.739. The summed E-state index contributed by atoms with van der Waals surface area (Å²) in [6.07, 6.45) is 0. The van der Waals surface area contributed by atoms with Crippen LogP contribution in [0.3, 0.4) is 0 Å². The zero-order valence-corrected chi connectivity index (χ0v) is 11.9. The van der Waals surface area contributed by atoms with E-state index in [1.54, 1.807) is 17.0 Å². The highest BCUT2D eigenvalue weighted by atomic mass is 79.9. The molecule has 0 unspecified atom stereocenters. The maximum absolute atomic E-state index is 11.4. The molecule has 0 atom stereocenters. The number of aromatic carboxylic acids is 1. The Morgan fingerprint density at radius 1 is 1.28 bits per heavy atom. The van der Waals surface area contributed by atoms with Crippen LogP contribution in [0.2, 0.25) is 0 Å². The minimum absolute atomic E-state index is 0.0629. The van der Waals surface area contributed by atoms with Gasteiger partial charge in [-0.25, -0.2) is 13.2 Å². The summed E-state index contributed by atoms with van der Waals surface area (Å²) in [6, 6.07) is 4.92. The standard InChI is InChI=1S/C11H12BrNO4S/c12-9-3-1-2-8(11(14)15)10(9)13-4-6-18(16,17)7-5-13/h1-3H,4-7H2,(H,14,15). The first-order valence-electron chi connectivity index (χ1n) is 5.38. The molecule has 98 valence electrons. The van der Waals surface area contributed by atoms with Crippen molar-refractivity contribution in [3.05, 3.63) is 28.2 Å². The lowest BCUT2D eigenvalue weighted by Crippen LogP contribution is -2.41. The van der Waals surface area contributed by atoms with Crippen LogP contribution in [0.4, 0.5) is 5.69 Å². The molecule has 18 heavy (non-hydrogen) atoms. The van der Waals surface area contributed by atoms with Crippen molar-refractivity contribution < 1.29 is 18.3 Å². The molecule has 2 rings (SSSR count). The largest absolute Gasteiger partial charge is 0.478 e. The number of nitrogens with zero attached hydrogens (tertiary/aromatic N) is 1. The third-order valence-corrected chi connectivity index (χ3v) is 5.13. The Morgan fingerprint density at radius 3 is 2.44 bits per heavy atom.